The van der Waals surface area contributed by atoms with E-state index in [1.165, 1.54) is 0 Å². The second-order valence-electron chi connectivity index (χ2n) is 3.74. The molecule has 0 N–H and O–H groups in total. The third-order valence-electron chi connectivity index (χ3n) is 2.70. The highest BCUT2D eigenvalue weighted by atomic mass is 32.2. The van der Waals surface area contributed by atoms with E-state index in [0.29, 0.717) is 5.56 Å². The number of carbonyl (C=O) groups is 1. The number of benzene rings is 1. The summed E-state index contributed by atoms with van der Waals surface area (Å²) in [6, 6.07) is 9.38. The summed E-state index contributed by atoms with van der Waals surface area (Å²) in [7, 11) is 0. The van der Waals surface area contributed by atoms with Crippen LogP contribution in [0.4, 0.5) is 0 Å². The second kappa shape index (κ2) is 4.28. The standard InChI is InChI=1S/C12H11NO2S/c1-16-10-4-2-9(3-5-10)11(14)12(6-13)7-15-8-12/h2-5H,7-8H2,1H3. The molecule has 0 aliphatic carbocycles. The topological polar surface area (TPSA) is 50.1 Å². The molecule has 1 fully saturated rings. The molecule has 0 saturated carbocycles. The number of rotatable bonds is 3. The number of Topliss-reactive ketones (excluding diaryl/α,β-unsaturated/α-hetero) is 1. The molecule has 1 aliphatic heterocycles. The highest BCUT2D eigenvalue weighted by Gasteiger charge is 2.46. The number of thioether (sulfide) groups is 1. The first kappa shape index (κ1) is 11.2. The maximum absolute atomic E-state index is 12.1. The Kier molecular flexibility index (Phi) is 2.99. The Labute approximate surface area is 98.4 Å². The minimum absolute atomic E-state index is 0.131. The Morgan fingerprint density at radius 3 is 2.44 bits per heavy atom. The molecule has 4 heteroatoms. The summed E-state index contributed by atoms with van der Waals surface area (Å²) < 4.78 is 4.97. The van der Waals surface area contributed by atoms with Crippen molar-refractivity contribution >= 4 is 17.5 Å². The molecule has 0 unspecified atom stereocenters. The Bertz CT molecular complexity index is 443. The van der Waals surface area contributed by atoms with Gasteiger partial charge in [0.05, 0.1) is 19.3 Å². The van der Waals surface area contributed by atoms with E-state index >= 15 is 0 Å². The van der Waals surface area contributed by atoms with Gasteiger partial charge in [0.25, 0.3) is 0 Å². The van der Waals surface area contributed by atoms with Crippen LogP contribution >= 0.6 is 11.8 Å². The summed E-state index contributed by atoms with van der Waals surface area (Å²) >= 11 is 1.62. The molecule has 1 aromatic carbocycles. The van der Waals surface area contributed by atoms with Gasteiger partial charge >= 0.3 is 0 Å². The van der Waals surface area contributed by atoms with E-state index in [-0.39, 0.29) is 19.0 Å². The number of carbonyl (C=O) groups excluding carboxylic acids is 1. The van der Waals surface area contributed by atoms with Gasteiger partial charge in [-0.15, -0.1) is 11.8 Å². The summed E-state index contributed by atoms with van der Waals surface area (Å²) in [6.07, 6.45) is 1.98. The number of ketones is 1. The summed E-state index contributed by atoms with van der Waals surface area (Å²) in [5.74, 6) is -0.131. The van der Waals surface area contributed by atoms with Crippen LogP contribution < -0.4 is 0 Å². The van der Waals surface area contributed by atoms with Crippen LogP contribution in [-0.2, 0) is 4.74 Å². The van der Waals surface area contributed by atoms with E-state index in [9.17, 15) is 4.79 Å². The Morgan fingerprint density at radius 1 is 1.44 bits per heavy atom. The van der Waals surface area contributed by atoms with Crippen molar-refractivity contribution in [1.29, 1.82) is 5.26 Å². The first-order chi connectivity index (χ1) is 7.72. The average Bonchev–Trinajstić information content (AvgIpc) is 2.28. The minimum atomic E-state index is -0.944. The predicted octanol–water partition coefficient (Wildman–Crippen LogP) is 2.13. The highest BCUT2D eigenvalue weighted by Crippen LogP contribution is 2.31. The molecule has 1 aromatic rings. The van der Waals surface area contributed by atoms with Gasteiger partial charge in [-0.2, -0.15) is 5.26 Å². The molecule has 2 rings (SSSR count). The lowest BCUT2D eigenvalue weighted by Crippen LogP contribution is -2.47. The van der Waals surface area contributed by atoms with Crippen molar-refractivity contribution in [2.24, 2.45) is 5.41 Å². The molecule has 0 amide bonds. The van der Waals surface area contributed by atoms with E-state index < -0.39 is 5.41 Å². The van der Waals surface area contributed by atoms with Crippen LogP contribution in [0.1, 0.15) is 10.4 Å². The molecule has 0 atom stereocenters. The fraction of sp³-hybridized carbons (Fsp3) is 0.333. The molecule has 0 aromatic heterocycles. The van der Waals surface area contributed by atoms with E-state index in [2.05, 4.69) is 6.07 Å². The van der Waals surface area contributed by atoms with E-state index in [4.69, 9.17) is 10.00 Å². The molecule has 1 aliphatic rings. The third-order valence-corrected chi connectivity index (χ3v) is 3.44. The summed E-state index contributed by atoms with van der Waals surface area (Å²) in [5.41, 5.74) is -0.358. The van der Waals surface area contributed by atoms with Crippen LogP contribution in [0, 0.1) is 16.7 Å². The van der Waals surface area contributed by atoms with Crippen molar-refractivity contribution in [3.63, 3.8) is 0 Å². The highest BCUT2D eigenvalue weighted by molar-refractivity contribution is 7.98. The Morgan fingerprint density at radius 2 is 2.06 bits per heavy atom. The smallest absolute Gasteiger partial charge is 0.187 e. The SMILES string of the molecule is CSc1ccc(C(=O)C2(C#N)COC2)cc1. The van der Waals surface area contributed by atoms with Crippen LogP contribution in [0.3, 0.4) is 0 Å². The Hall–Kier alpha value is -1.31. The van der Waals surface area contributed by atoms with Gasteiger partial charge in [-0.3, -0.25) is 4.79 Å². The number of hydrogen-bond donors (Lipinski definition) is 0. The molecule has 16 heavy (non-hydrogen) atoms. The first-order valence-corrected chi connectivity index (χ1v) is 6.12. The molecule has 0 radical (unpaired) electrons. The van der Waals surface area contributed by atoms with Crippen molar-refractivity contribution in [3.8, 4) is 6.07 Å². The van der Waals surface area contributed by atoms with E-state index in [1.54, 1.807) is 23.9 Å². The van der Waals surface area contributed by atoms with E-state index in [1.807, 2.05) is 18.4 Å². The molecule has 1 saturated heterocycles. The lowest BCUT2D eigenvalue weighted by molar-refractivity contribution is -0.0566. The predicted molar refractivity (Wildman–Crippen MR) is 61.4 cm³/mol. The van der Waals surface area contributed by atoms with Gasteiger partial charge in [0.1, 0.15) is 0 Å². The van der Waals surface area contributed by atoms with Crippen LogP contribution in [0.5, 0.6) is 0 Å². The van der Waals surface area contributed by atoms with Gasteiger partial charge in [-0.05, 0) is 18.4 Å². The van der Waals surface area contributed by atoms with Gasteiger partial charge in [-0.25, -0.2) is 0 Å². The van der Waals surface area contributed by atoms with Gasteiger partial charge in [0.2, 0.25) is 0 Å². The molecular formula is C12H11NO2S. The van der Waals surface area contributed by atoms with Gasteiger partial charge in [-0.1, -0.05) is 12.1 Å². The van der Waals surface area contributed by atoms with Crippen molar-refractivity contribution < 1.29 is 9.53 Å². The van der Waals surface area contributed by atoms with Crippen molar-refractivity contribution in [3.05, 3.63) is 29.8 Å². The zero-order valence-electron chi connectivity index (χ0n) is 8.90. The average molecular weight is 233 g/mol. The number of hydrogen-bond acceptors (Lipinski definition) is 4. The molecular weight excluding hydrogens is 222 g/mol. The Balaban J connectivity index is 2.24. The fourth-order valence-electron chi connectivity index (χ4n) is 1.57. The quantitative estimate of drug-likeness (QED) is 0.593. The number of nitrogens with zero attached hydrogens (tertiary/aromatic N) is 1. The van der Waals surface area contributed by atoms with Gasteiger partial charge in [0, 0.05) is 10.5 Å². The van der Waals surface area contributed by atoms with Crippen LogP contribution in [0.2, 0.25) is 0 Å². The summed E-state index contributed by atoms with van der Waals surface area (Å²) in [5, 5.41) is 9.01. The number of nitriles is 1. The van der Waals surface area contributed by atoms with Crippen molar-refractivity contribution in [2.45, 2.75) is 4.90 Å². The zero-order valence-corrected chi connectivity index (χ0v) is 9.71. The van der Waals surface area contributed by atoms with Crippen LogP contribution in [0.25, 0.3) is 0 Å². The second-order valence-corrected chi connectivity index (χ2v) is 4.62. The van der Waals surface area contributed by atoms with E-state index in [0.717, 1.165) is 4.90 Å². The summed E-state index contributed by atoms with van der Waals surface area (Å²) in [6.45, 7) is 0.430. The minimum Gasteiger partial charge on any atom is -0.377 e. The molecule has 3 nitrogen and oxygen atoms in total. The van der Waals surface area contributed by atoms with Crippen molar-refractivity contribution in [2.75, 3.05) is 19.5 Å². The summed E-state index contributed by atoms with van der Waals surface area (Å²) in [4.78, 5) is 13.2. The molecule has 0 bridgehead atoms. The van der Waals surface area contributed by atoms with Crippen molar-refractivity contribution in [1.82, 2.24) is 0 Å². The maximum atomic E-state index is 12.1. The number of ether oxygens (including phenoxy) is 1. The molecule has 82 valence electrons. The van der Waals surface area contributed by atoms with Gasteiger partial charge in [0.15, 0.2) is 11.2 Å². The fourth-order valence-corrected chi connectivity index (χ4v) is 1.98. The third kappa shape index (κ3) is 1.73. The monoisotopic (exact) mass is 233 g/mol. The lowest BCUT2D eigenvalue weighted by atomic mass is 9.80. The molecule has 1 heterocycles. The maximum Gasteiger partial charge on any atom is 0.187 e. The lowest BCUT2D eigenvalue weighted by Gasteiger charge is -2.33. The van der Waals surface area contributed by atoms with Crippen LogP contribution in [-0.4, -0.2) is 25.3 Å². The van der Waals surface area contributed by atoms with Crippen LogP contribution in [0.15, 0.2) is 29.2 Å². The largest absolute Gasteiger partial charge is 0.377 e. The molecule has 0 spiro atoms. The normalized spacial score (nSPS) is 17.2. The van der Waals surface area contributed by atoms with Gasteiger partial charge < -0.3 is 4.74 Å². The first-order valence-electron chi connectivity index (χ1n) is 4.90. The zero-order chi connectivity index (χ0) is 11.6.